The van der Waals surface area contributed by atoms with Crippen molar-refractivity contribution in [3.05, 3.63) is 60.8 Å². The fraction of sp³-hybridized carbons (Fsp3) is 0.787. The summed E-state index contributed by atoms with van der Waals surface area (Å²) < 4.78 is 16.8. The summed E-state index contributed by atoms with van der Waals surface area (Å²) in [4.78, 5) is 38.1. The van der Waals surface area contributed by atoms with Crippen LogP contribution in [0.5, 0.6) is 0 Å². The minimum absolute atomic E-state index is 0.0890. The van der Waals surface area contributed by atoms with Crippen LogP contribution in [0.15, 0.2) is 60.8 Å². The Kier molecular flexibility index (Phi) is 53.3. The van der Waals surface area contributed by atoms with Crippen molar-refractivity contribution >= 4 is 17.9 Å². The predicted molar refractivity (Wildman–Crippen MR) is 288 cm³/mol. The largest absolute Gasteiger partial charge is 0.462 e. The Morgan fingerprint density at radius 2 is 0.552 bits per heavy atom. The lowest BCUT2D eigenvalue weighted by molar-refractivity contribution is -0.167. The van der Waals surface area contributed by atoms with Crippen LogP contribution in [0.25, 0.3) is 0 Å². The van der Waals surface area contributed by atoms with Crippen molar-refractivity contribution in [1.82, 2.24) is 0 Å². The van der Waals surface area contributed by atoms with Gasteiger partial charge in [-0.15, -0.1) is 0 Å². The summed E-state index contributed by atoms with van der Waals surface area (Å²) in [5, 5.41) is 0. The fourth-order valence-corrected chi connectivity index (χ4v) is 8.14. The van der Waals surface area contributed by atoms with Crippen LogP contribution < -0.4 is 0 Å². The molecule has 0 radical (unpaired) electrons. The van der Waals surface area contributed by atoms with Crippen LogP contribution >= 0.6 is 0 Å². The molecule has 0 saturated heterocycles. The van der Waals surface area contributed by atoms with E-state index in [4.69, 9.17) is 14.2 Å². The molecule has 1 atom stereocenters. The minimum Gasteiger partial charge on any atom is -0.462 e. The molecule has 0 aliphatic carbocycles. The Labute approximate surface area is 415 Å². The topological polar surface area (TPSA) is 78.9 Å². The van der Waals surface area contributed by atoms with E-state index in [-0.39, 0.29) is 37.5 Å². The predicted octanol–water partition coefficient (Wildman–Crippen LogP) is 19.2. The van der Waals surface area contributed by atoms with Gasteiger partial charge in [0.25, 0.3) is 0 Å². The fourth-order valence-electron chi connectivity index (χ4n) is 8.14. The smallest absolute Gasteiger partial charge is 0.306 e. The van der Waals surface area contributed by atoms with Gasteiger partial charge in [-0.1, -0.05) is 248 Å². The van der Waals surface area contributed by atoms with Crippen molar-refractivity contribution in [3.8, 4) is 0 Å². The van der Waals surface area contributed by atoms with Gasteiger partial charge in [0.05, 0.1) is 0 Å². The first-order valence-electron chi connectivity index (χ1n) is 28.8. The summed E-state index contributed by atoms with van der Waals surface area (Å²) in [5.74, 6) is -0.939. The maximum absolute atomic E-state index is 12.8. The first-order chi connectivity index (χ1) is 33.0. The number of ether oxygens (including phenoxy) is 3. The first kappa shape index (κ1) is 64.1. The lowest BCUT2D eigenvalue weighted by Gasteiger charge is -2.18. The molecule has 0 unspecified atom stereocenters. The molecule has 388 valence electrons. The van der Waals surface area contributed by atoms with Crippen molar-refractivity contribution < 1.29 is 28.6 Å². The normalized spacial score (nSPS) is 12.5. The van der Waals surface area contributed by atoms with Crippen molar-refractivity contribution in [3.63, 3.8) is 0 Å². The van der Waals surface area contributed by atoms with Gasteiger partial charge in [0, 0.05) is 19.3 Å². The molecule has 0 aliphatic rings. The third kappa shape index (κ3) is 53.9. The van der Waals surface area contributed by atoms with Crippen LogP contribution in [-0.4, -0.2) is 37.2 Å². The molecule has 0 aromatic heterocycles. The molecule has 6 heteroatoms. The summed E-state index contributed by atoms with van der Waals surface area (Å²) >= 11 is 0. The number of allylic oxidation sites excluding steroid dienone is 10. The maximum Gasteiger partial charge on any atom is 0.306 e. The number of rotatable bonds is 52. The molecule has 0 aromatic rings. The number of carbonyl (C=O) groups is 3. The van der Waals surface area contributed by atoms with E-state index in [1.165, 1.54) is 180 Å². The van der Waals surface area contributed by atoms with Gasteiger partial charge >= 0.3 is 17.9 Å². The van der Waals surface area contributed by atoms with E-state index >= 15 is 0 Å². The second kappa shape index (κ2) is 55.7. The van der Waals surface area contributed by atoms with Crippen LogP contribution in [-0.2, 0) is 28.6 Å². The Hall–Kier alpha value is -2.89. The van der Waals surface area contributed by atoms with Gasteiger partial charge in [0.1, 0.15) is 13.2 Å². The summed E-state index contributed by atoms with van der Waals surface area (Å²) in [6.45, 7) is 6.58. The molecule has 67 heavy (non-hydrogen) atoms. The van der Waals surface area contributed by atoms with Crippen LogP contribution in [0.1, 0.15) is 290 Å². The lowest BCUT2D eigenvalue weighted by atomic mass is 10.0. The monoisotopic (exact) mass is 937 g/mol. The van der Waals surface area contributed by atoms with E-state index < -0.39 is 6.10 Å². The van der Waals surface area contributed by atoms with Crippen molar-refractivity contribution in [1.29, 1.82) is 0 Å². The van der Waals surface area contributed by atoms with E-state index in [1.54, 1.807) is 0 Å². The van der Waals surface area contributed by atoms with Crippen molar-refractivity contribution in [2.75, 3.05) is 13.2 Å². The number of hydrogen-bond acceptors (Lipinski definition) is 6. The van der Waals surface area contributed by atoms with Gasteiger partial charge in [-0.3, -0.25) is 14.4 Å². The minimum atomic E-state index is -0.793. The van der Waals surface area contributed by atoms with E-state index in [9.17, 15) is 14.4 Å². The zero-order valence-electron chi connectivity index (χ0n) is 44.4. The molecule has 0 amide bonds. The quantitative estimate of drug-likeness (QED) is 0.0262. The molecule has 6 nitrogen and oxygen atoms in total. The SMILES string of the molecule is CCCCC/C=C\C/C=C\C/C=C\C/C=C\CCCC(=O)OC[C@H](COC(=O)CCCCCCCCCCCCC/C=C\CCCCCCCC)OC(=O)CCCCCCCCCCCCC. The molecule has 0 aliphatic heterocycles. The molecular formula is C61H108O6. The molecule has 0 rings (SSSR count). The number of unbranched alkanes of at least 4 members (excludes halogenated alkanes) is 31. The highest BCUT2D eigenvalue weighted by atomic mass is 16.6. The van der Waals surface area contributed by atoms with E-state index in [0.717, 1.165) is 64.2 Å². The Morgan fingerprint density at radius 3 is 0.940 bits per heavy atom. The van der Waals surface area contributed by atoms with E-state index in [1.807, 2.05) is 0 Å². The molecule has 0 saturated carbocycles. The van der Waals surface area contributed by atoms with Gasteiger partial charge in [-0.2, -0.15) is 0 Å². The summed E-state index contributed by atoms with van der Waals surface area (Å²) in [5.41, 5.74) is 0. The maximum atomic E-state index is 12.8. The van der Waals surface area contributed by atoms with Gasteiger partial charge < -0.3 is 14.2 Å². The van der Waals surface area contributed by atoms with Crippen LogP contribution in [0.4, 0.5) is 0 Å². The van der Waals surface area contributed by atoms with E-state index in [0.29, 0.717) is 19.3 Å². The van der Waals surface area contributed by atoms with Crippen molar-refractivity contribution in [2.45, 2.75) is 297 Å². The molecule has 0 aromatic carbocycles. The first-order valence-corrected chi connectivity index (χ1v) is 28.8. The highest BCUT2D eigenvalue weighted by Gasteiger charge is 2.19. The summed E-state index contributed by atoms with van der Waals surface area (Å²) in [6.07, 6.45) is 69.3. The average Bonchev–Trinajstić information content (AvgIpc) is 3.33. The molecule has 0 heterocycles. The van der Waals surface area contributed by atoms with Crippen LogP contribution in [0, 0.1) is 0 Å². The Morgan fingerprint density at radius 1 is 0.299 bits per heavy atom. The number of hydrogen-bond donors (Lipinski definition) is 0. The highest BCUT2D eigenvalue weighted by Crippen LogP contribution is 2.16. The molecular weight excluding hydrogens is 829 g/mol. The zero-order valence-corrected chi connectivity index (χ0v) is 44.4. The third-order valence-electron chi connectivity index (χ3n) is 12.5. The molecule has 0 fully saturated rings. The van der Waals surface area contributed by atoms with Gasteiger partial charge in [0.15, 0.2) is 6.10 Å². The number of carbonyl (C=O) groups excluding carboxylic acids is 3. The Balaban J connectivity index is 4.34. The highest BCUT2D eigenvalue weighted by molar-refractivity contribution is 5.71. The second-order valence-corrected chi connectivity index (χ2v) is 19.2. The second-order valence-electron chi connectivity index (χ2n) is 19.2. The third-order valence-corrected chi connectivity index (χ3v) is 12.5. The molecule has 0 N–H and O–H groups in total. The van der Waals surface area contributed by atoms with Crippen molar-refractivity contribution in [2.24, 2.45) is 0 Å². The summed E-state index contributed by atoms with van der Waals surface area (Å²) in [6, 6.07) is 0. The van der Waals surface area contributed by atoms with Gasteiger partial charge in [0.2, 0.25) is 0 Å². The molecule has 0 spiro atoms. The zero-order chi connectivity index (χ0) is 48.6. The van der Waals surface area contributed by atoms with E-state index in [2.05, 4.69) is 81.5 Å². The molecule has 0 bridgehead atoms. The summed E-state index contributed by atoms with van der Waals surface area (Å²) in [7, 11) is 0. The van der Waals surface area contributed by atoms with Gasteiger partial charge in [-0.25, -0.2) is 0 Å². The van der Waals surface area contributed by atoms with Gasteiger partial charge in [-0.05, 0) is 83.5 Å². The van der Waals surface area contributed by atoms with Crippen LogP contribution in [0.3, 0.4) is 0 Å². The van der Waals surface area contributed by atoms with Crippen LogP contribution in [0.2, 0.25) is 0 Å². The average molecular weight is 938 g/mol. The lowest BCUT2D eigenvalue weighted by Crippen LogP contribution is -2.30. The Bertz CT molecular complexity index is 1210. The standard InChI is InChI=1S/C61H108O6/c1-4-7-10-13-16-19-22-24-26-28-29-30-31-33-35-37-40-42-45-48-51-54-60(63)66-57-58(67-61(64)55-52-49-46-43-38-21-18-15-12-9-6-3)56-65-59(62)53-50-47-44-41-39-36-34-32-27-25-23-20-17-14-11-8-5-2/h17,20,24-27,34,36,41,44,58H,4-16,18-19,21-23,28-33,35,37-40,42-43,45-57H2,1-3H3/b20-17-,26-24-,27-25-,36-34-,44-41-/t58-/m1/s1. The number of esters is 3.